The Bertz CT molecular complexity index is 692. The molecule has 1 atom stereocenters. The Morgan fingerprint density at radius 1 is 1.16 bits per heavy atom. The molecule has 3 aliphatic rings. The second kappa shape index (κ2) is 6.09. The Balaban J connectivity index is 1.40. The fraction of sp³-hybridized carbons (Fsp3) is 0.632. The number of carbonyl (C=O) groups excluding carboxylic acids is 2. The lowest BCUT2D eigenvalue weighted by atomic mass is 9.77. The van der Waals surface area contributed by atoms with E-state index in [1.54, 1.807) is 6.20 Å². The van der Waals surface area contributed by atoms with E-state index < -0.39 is 0 Å². The third-order valence-electron chi connectivity index (χ3n) is 6.00. The van der Waals surface area contributed by atoms with Crippen LogP contribution >= 0.6 is 0 Å². The van der Waals surface area contributed by atoms with Crippen LogP contribution in [0.4, 0.5) is 0 Å². The van der Waals surface area contributed by atoms with E-state index in [-0.39, 0.29) is 23.3 Å². The van der Waals surface area contributed by atoms with Gasteiger partial charge in [0.05, 0.1) is 6.04 Å². The maximum Gasteiger partial charge on any atom is 0.272 e. The van der Waals surface area contributed by atoms with Crippen LogP contribution in [0, 0.1) is 12.3 Å². The number of aryl methyl sites for hydroxylation is 1. The summed E-state index contributed by atoms with van der Waals surface area (Å²) < 4.78 is 0. The molecule has 0 N–H and O–H groups in total. The van der Waals surface area contributed by atoms with Crippen LogP contribution in [0.2, 0.25) is 0 Å². The third kappa shape index (κ3) is 2.82. The van der Waals surface area contributed by atoms with Crippen LogP contribution in [-0.2, 0) is 4.79 Å². The van der Waals surface area contributed by atoms with Crippen LogP contribution in [0.1, 0.15) is 35.3 Å². The van der Waals surface area contributed by atoms with Gasteiger partial charge in [-0.25, -0.2) is 0 Å². The Morgan fingerprint density at radius 3 is 2.56 bits per heavy atom. The molecule has 1 aromatic heterocycles. The van der Waals surface area contributed by atoms with Crippen molar-refractivity contribution in [2.75, 3.05) is 39.8 Å². The fourth-order valence-electron chi connectivity index (χ4n) is 4.69. The molecule has 0 unspecified atom stereocenters. The largest absolute Gasteiger partial charge is 0.341 e. The molecule has 3 fully saturated rings. The van der Waals surface area contributed by atoms with E-state index in [1.165, 1.54) is 0 Å². The highest BCUT2D eigenvalue weighted by atomic mass is 16.2. The number of aromatic nitrogens is 1. The maximum absolute atomic E-state index is 12.8. The Morgan fingerprint density at radius 2 is 1.88 bits per heavy atom. The predicted molar refractivity (Wildman–Crippen MR) is 94.2 cm³/mol. The number of nitrogens with zero attached hydrogens (tertiary/aromatic N) is 4. The van der Waals surface area contributed by atoms with E-state index in [9.17, 15) is 9.59 Å². The van der Waals surface area contributed by atoms with Gasteiger partial charge in [-0.2, -0.15) is 0 Å². The van der Waals surface area contributed by atoms with Crippen LogP contribution in [-0.4, -0.2) is 77.3 Å². The summed E-state index contributed by atoms with van der Waals surface area (Å²) >= 11 is 0. The van der Waals surface area contributed by atoms with Gasteiger partial charge in [-0.3, -0.25) is 19.5 Å². The molecule has 1 spiro atoms. The van der Waals surface area contributed by atoms with Crippen molar-refractivity contribution in [2.45, 2.75) is 32.2 Å². The molecule has 4 heterocycles. The molecule has 6 nitrogen and oxygen atoms in total. The van der Waals surface area contributed by atoms with Crippen molar-refractivity contribution in [3.8, 4) is 0 Å². The quantitative estimate of drug-likeness (QED) is 0.809. The zero-order valence-corrected chi connectivity index (χ0v) is 15.1. The molecule has 0 aromatic carbocycles. The summed E-state index contributed by atoms with van der Waals surface area (Å²) in [6.07, 6.45) is 4.78. The highest BCUT2D eigenvalue weighted by Crippen LogP contribution is 2.43. The standard InChI is InChI=1S/C19H26N4O2/c1-14-6-5-7-20-16(14)18(25)23-12-19(13-23)10-15(21(2)11-19)17(24)22-8-3-4-9-22/h5-7,15H,3-4,8-13H2,1-2H3/t15-/m0/s1. The van der Waals surface area contributed by atoms with Crippen LogP contribution in [0.25, 0.3) is 0 Å². The Labute approximate surface area is 148 Å². The van der Waals surface area contributed by atoms with Crippen molar-refractivity contribution in [1.29, 1.82) is 0 Å². The monoisotopic (exact) mass is 342 g/mol. The Hall–Kier alpha value is -1.95. The van der Waals surface area contributed by atoms with Gasteiger partial charge in [0.25, 0.3) is 5.91 Å². The van der Waals surface area contributed by atoms with Crippen molar-refractivity contribution in [3.05, 3.63) is 29.6 Å². The topological polar surface area (TPSA) is 56.8 Å². The zero-order valence-electron chi connectivity index (χ0n) is 15.1. The molecule has 25 heavy (non-hydrogen) atoms. The number of carbonyl (C=O) groups is 2. The van der Waals surface area contributed by atoms with E-state index in [0.29, 0.717) is 5.69 Å². The summed E-state index contributed by atoms with van der Waals surface area (Å²) in [4.78, 5) is 35.8. The van der Waals surface area contributed by atoms with Gasteiger partial charge in [-0.15, -0.1) is 0 Å². The molecule has 3 saturated heterocycles. The minimum absolute atomic E-state index is 0.0145. The van der Waals surface area contributed by atoms with E-state index in [4.69, 9.17) is 0 Å². The van der Waals surface area contributed by atoms with E-state index in [1.807, 2.05) is 35.9 Å². The molecule has 134 valence electrons. The average Bonchev–Trinajstić information content (AvgIpc) is 3.20. The summed E-state index contributed by atoms with van der Waals surface area (Å²) in [7, 11) is 2.04. The van der Waals surface area contributed by atoms with Crippen molar-refractivity contribution in [1.82, 2.24) is 19.7 Å². The van der Waals surface area contributed by atoms with E-state index >= 15 is 0 Å². The lowest BCUT2D eigenvalue weighted by Gasteiger charge is -2.48. The number of likely N-dealkylation sites (tertiary alicyclic amines) is 3. The SMILES string of the molecule is Cc1cccnc1C(=O)N1CC2(C[C@@H](C(=O)N3CCCC3)N(C)C2)C1. The van der Waals surface area contributed by atoms with Gasteiger partial charge in [0, 0.05) is 44.3 Å². The number of hydrogen-bond acceptors (Lipinski definition) is 4. The summed E-state index contributed by atoms with van der Waals surface area (Å²) in [6.45, 7) is 6.08. The number of pyridine rings is 1. The minimum atomic E-state index is -0.0214. The van der Waals surface area contributed by atoms with Crippen molar-refractivity contribution >= 4 is 11.8 Å². The number of rotatable bonds is 2. The first-order valence-electron chi connectivity index (χ1n) is 9.19. The molecule has 6 heteroatoms. The summed E-state index contributed by atoms with van der Waals surface area (Å²) in [6, 6.07) is 3.75. The van der Waals surface area contributed by atoms with Gasteiger partial charge in [0.15, 0.2) is 0 Å². The molecule has 0 radical (unpaired) electrons. The smallest absolute Gasteiger partial charge is 0.272 e. The van der Waals surface area contributed by atoms with Gasteiger partial charge < -0.3 is 9.80 Å². The lowest BCUT2D eigenvalue weighted by molar-refractivity contribution is -0.134. The second-order valence-electron chi connectivity index (χ2n) is 8.00. The first-order valence-corrected chi connectivity index (χ1v) is 9.19. The molecule has 0 bridgehead atoms. The lowest BCUT2D eigenvalue weighted by Crippen LogP contribution is -2.59. The maximum atomic E-state index is 12.8. The summed E-state index contributed by atoms with van der Waals surface area (Å²) in [5.74, 6) is 0.294. The first-order chi connectivity index (χ1) is 12.0. The molecular formula is C19H26N4O2. The molecule has 0 saturated carbocycles. The molecule has 0 aliphatic carbocycles. The van der Waals surface area contributed by atoms with Crippen molar-refractivity contribution in [2.24, 2.45) is 5.41 Å². The highest BCUT2D eigenvalue weighted by molar-refractivity contribution is 5.94. The second-order valence-corrected chi connectivity index (χ2v) is 8.00. The molecule has 1 aromatic rings. The van der Waals surface area contributed by atoms with Crippen LogP contribution in [0.15, 0.2) is 18.3 Å². The van der Waals surface area contributed by atoms with E-state index in [0.717, 1.165) is 57.5 Å². The normalized spacial score (nSPS) is 25.4. The number of amides is 2. The predicted octanol–water partition coefficient (Wildman–Crippen LogP) is 1.16. The number of hydrogen-bond donors (Lipinski definition) is 0. The minimum Gasteiger partial charge on any atom is -0.341 e. The van der Waals surface area contributed by atoms with Crippen molar-refractivity contribution < 1.29 is 9.59 Å². The molecular weight excluding hydrogens is 316 g/mol. The third-order valence-corrected chi connectivity index (χ3v) is 6.00. The van der Waals surface area contributed by atoms with Crippen molar-refractivity contribution in [3.63, 3.8) is 0 Å². The summed E-state index contributed by atoms with van der Waals surface area (Å²) in [5.41, 5.74) is 1.54. The molecule has 3 aliphatic heterocycles. The average molecular weight is 342 g/mol. The first kappa shape index (κ1) is 16.5. The van der Waals surface area contributed by atoms with Gasteiger partial charge in [0.2, 0.25) is 5.91 Å². The van der Waals surface area contributed by atoms with Gasteiger partial charge in [-0.1, -0.05) is 6.07 Å². The zero-order chi connectivity index (χ0) is 17.6. The van der Waals surface area contributed by atoms with Gasteiger partial charge >= 0.3 is 0 Å². The van der Waals surface area contributed by atoms with Crippen LogP contribution < -0.4 is 0 Å². The molecule has 2 amide bonds. The fourth-order valence-corrected chi connectivity index (χ4v) is 4.69. The van der Waals surface area contributed by atoms with Gasteiger partial charge in [0.1, 0.15) is 5.69 Å². The van der Waals surface area contributed by atoms with Crippen LogP contribution in [0.3, 0.4) is 0 Å². The summed E-state index contributed by atoms with van der Waals surface area (Å²) in [5, 5.41) is 0. The number of likely N-dealkylation sites (N-methyl/N-ethyl adjacent to an activating group) is 1. The molecule has 4 rings (SSSR count). The van der Waals surface area contributed by atoms with E-state index in [2.05, 4.69) is 9.88 Å². The Kier molecular flexibility index (Phi) is 4.02. The highest BCUT2D eigenvalue weighted by Gasteiger charge is 2.54. The van der Waals surface area contributed by atoms with Gasteiger partial charge in [-0.05, 0) is 44.9 Å². The van der Waals surface area contributed by atoms with Crippen LogP contribution in [0.5, 0.6) is 0 Å².